The smallest absolute Gasteiger partial charge is 0.123 e. The average molecular weight is 342 g/mol. The summed E-state index contributed by atoms with van der Waals surface area (Å²) in [7, 11) is 0. The first kappa shape index (κ1) is 17.1. The van der Waals surface area contributed by atoms with E-state index in [1.54, 1.807) is 0 Å². The summed E-state index contributed by atoms with van der Waals surface area (Å²) in [4.78, 5) is 5.07. The van der Waals surface area contributed by atoms with Gasteiger partial charge in [0.1, 0.15) is 12.4 Å². The zero-order chi connectivity index (χ0) is 16.9. The fourth-order valence-corrected chi connectivity index (χ4v) is 4.16. The Morgan fingerprint density at radius 1 is 1.00 bits per heavy atom. The van der Waals surface area contributed by atoms with Crippen LogP contribution in [0.15, 0.2) is 30.4 Å². The number of fused-ring (bicyclic) bond motifs is 1. The number of allylic oxidation sites excluding steroid dienone is 2. The van der Waals surface area contributed by atoms with E-state index in [9.17, 15) is 0 Å². The van der Waals surface area contributed by atoms with Crippen LogP contribution in [0.5, 0.6) is 5.75 Å². The van der Waals surface area contributed by atoms with Gasteiger partial charge >= 0.3 is 0 Å². The van der Waals surface area contributed by atoms with Crippen molar-refractivity contribution in [2.45, 2.75) is 32.4 Å². The number of morpholine rings is 1. The third-order valence-electron chi connectivity index (χ3n) is 5.59. The van der Waals surface area contributed by atoms with Crippen molar-refractivity contribution in [3.05, 3.63) is 41.5 Å². The van der Waals surface area contributed by atoms with Gasteiger partial charge in [-0.15, -0.1) is 0 Å². The minimum Gasteiger partial charge on any atom is -0.492 e. The SMILES string of the molecule is C1=CCC(CN2CCOc3ccc(CN4CCOCC4)cc3C2)CC1. The molecule has 1 fully saturated rings. The second-order valence-corrected chi connectivity index (χ2v) is 7.56. The number of benzene rings is 1. The van der Waals surface area contributed by atoms with E-state index in [-0.39, 0.29) is 0 Å². The van der Waals surface area contributed by atoms with Crippen LogP contribution in [-0.2, 0) is 17.8 Å². The van der Waals surface area contributed by atoms with Crippen LogP contribution in [0, 0.1) is 5.92 Å². The first-order valence-corrected chi connectivity index (χ1v) is 9.79. The molecule has 3 aliphatic rings. The van der Waals surface area contributed by atoms with E-state index in [0.29, 0.717) is 0 Å². The van der Waals surface area contributed by atoms with Crippen molar-refractivity contribution >= 4 is 0 Å². The molecule has 0 bridgehead atoms. The molecule has 2 aliphatic heterocycles. The minimum absolute atomic E-state index is 0.804. The molecule has 0 spiro atoms. The monoisotopic (exact) mass is 342 g/mol. The lowest BCUT2D eigenvalue weighted by Gasteiger charge is -2.27. The molecule has 0 N–H and O–H groups in total. The van der Waals surface area contributed by atoms with E-state index in [2.05, 4.69) is 40.2 Å². The van der Waals surface area contributed by atoms with Gasteiger partial charge in [0.2, 0.25) is 0 Å². The lowest BCUT2D eigenvalue weighted by atomic mass is 9.94. The highest BCUT2D eigenvalue weighted by Gasteiger charge is 2.20. The van der Waals surface area contributed by atoms with Gasteiger partial charge in [0.05, 0.1) is 13.2 Å². The third-order valence-corrected chi connectivity index (χ3v) is 5.59. The molecule has 1 saturated heterocycles. The van der Waals surface area contributed by atoms with Crippen LogP contribution in [0.1, 0.15) is 30.4 Å². The molecule has 2 heterocycles. The summed E-state index contributed by atoms with van der Waals surface area (Å²) in [5.41, 5.74) is 2.75. The molecule has 1 aliphatic carbocycles. The Bertz CT molecular complexity index is 596. The Morgan fingerprint density at radius 3 is 2.72 bits per heavy atom. The third kappa shape index (κ3) is 4.63. The quantitative estimate of drug-likeness (QED) is 0.785. The first-order valence-electron chi connectivity index (χ1n) is 9.79. The Hall–Kier alpha value is -1.36. The highest BCUT2D eigenvalue weighted by molar-refractivity contribution is 5.38. The second kappa shape index (κ2) is 8.35. The normalized spacial score (nSPS) is 25.2. The molecular weight excluding hydrogens is 312 g/mol. The number of nitrogens with zero attached hydrogens (tertiary/aromatic N) is 2. The van der Waals surface area contributed by atoms with Gasteiger partial charge in [-0.05, 0) is 42.9 Å². The minimum atomic E-state index is 0.804. The maximum Gasteiger partial charge on any atom is 0.123 e. The Kier molecular flexibility index (Phi) is 5.70. The average Bonchev–Trinajstić information content (AvgIpc) is 2.85. The maximum absolute atomic E-state index is 6.02. The summed E-state index contributed by atoms with van der Waals surface area (Å²) in [6, 6.07) is 6.78. The predicted molar refractivity (Wildman–Crippen MR) is 99.8 cm³/mol. The van der Waals surface area contributed by atoms with Crippen molar-refractivity contribution in [1.82, 2.24) is 9.80 Å². The highest BCUT2D eigenvalue weighted by Crippen LogP contribution is 2.27. The molecule has 25 heavy (non-hydrogen) atoms. The van der Waals surface area contributed by atoms with Gasteiger partial charge in [-0.3, -0.25) is 9.80 Å². The van der Waals surface area contributed by atoms with Gasteiger partial charge in [0.15, 0.2) is 0 Å². The number of hydrogen-bond donors (Lipinski definition) is 0. The topological polar surface area (TPSA) is 24.9 Å². The summed E-state index contributed by atoms with van der Waals surface area (Å²) in [6.07, 6.45) is 8.50. The van der Waals surface area contributed by atoms with E-state index in [4.69, 9.17) is 9.47 Å². The first-order chi connectivity index (χ1) is 12.4. The fourth-order valence-electron chi connectivity index (χ4n) is 4.16. The fraction of sp³-hybridized carbons (Fsp3) is 0.619. The van der Waals surface area contributed by atoms with Crippen molar-refractivity contribution in [2.75, 3.05) is 46.0 Å². The van der Waals surface area contributed by atoms with Crippen molar-refractivity contribution < 1.29 is 9.47 Å². The molecule has 1 aromatic carbocycles. The summed E-state index contributed by atoms with van der Waals surface area (Å²) in [6.45, 7) is 8.86. The Morgan fingerprint density at radius 2 is 1.88 bits per heavy atom. The lowest BCUT2D eigenvalue weighted by Crippen LogP contribution is -2.35. The molecule has 4 heteroatoms. The second-order valence-electron chi connectivity index (χ2n) is 7.56. The maximum atomic E-state index is 6.02. The lowest BCUT2D eigenvalue weighted by molar-refractivity contribution is 0.0342. The molecule has 0 aromatic heterocycles. The molecule has 1 atom stereocenters. The summed E-state index contributed by atoms with van der Waals surface area (Å²) in [5, 5.41) is 0. The van der Waals surface area contributed by atoms with Crippen LogP contribution >= 0.6 is 0 Å². The van der Waals surface area contributed by atoms with Crippen molar-refractivity contribution in [2.24, 2.45) is 5.92 Å². The summed E-state index contributed by atoms with van der Waals surface area (Å²) < 4.78 is 11.5. The van der Waals surface area contributed by atoms with Crippen LogP contribution < -0.4 is 4.74 Å². The van der Waals surface area contributed by atoms with Gasteiger partial charge in [-0.1, -0.05) is 18.2 Å². The van der Waals surface area contributed by atoms with E-state index < -0.39 is 0 Å². The van der Waals surface area contributed by atoms with Gasteiger partial charge < -0.3 is 9.47 Å². The molecule has 0 radical (unpaired) electrons. The zero-order valence-electron chi connectivity index (χ0n) is 15.2. The van der Waals surface area contributed by atoms with Gasteiger partial charge in [-0.25, -0.2) is 0 Å². The van der Waals surface area contributed by atoms with Crippen molar-refractivity contribution in [3.8, 4) is 5.75 Å². The standard InChI is InChI=1S/C21H30N2O2/c1-2-4-18(5-3-1)15-23-10-13-25-21-7-6-19(14-20(21)17-23)16-22-8-11-24-12-9-22/h1-2,6-7,14,18H,3-5,8-13,15-17H2. The van der Waals surface area contributed by atoms with Crippen molar-refractivity contribution in [1.29, 1.82) is 0 Å². The van der Waals surface area contributed by atoms with E-state index in [0.717, 1.165) is 64.2 Å². The number of ether oxygens (including phenoxy) is 2. The number of rotatable bonds is 4. The molecule has 1 aromatic rings. The van der Waals surface area contributed by atoms with E-state index in [1.807, 2.05) is 0 Å². The zero-order valence-corrected chi connectivity index (χ0v) is 15.2. The Labute approximate surface area is 151 Å². The largest absolute Gasteiger partial charge is 0.492 e. The van der Waals surface area contributed by atoms with Gasteiger partial charge in [0, 0.05) is 44.8 Å². The predicted octanol–water partition coefficient (Wildman–Crippen LogP) is 3.07. The molecule has 4 nitrogen and oxygen atoms in total. The summed E-state index contributed by atoms with van der Waals surface area (Å²) in [5.74, 6) is 1.89. The number of hydrogen-bond acceptors (Lipinski definition) is 4. The highest BCUT2D eigenvalue weighted by atomic mass is 16.5. The molecule has 0 amide bonds. The summed E-state index contributed by atoms with van der Waals surface area (Å²) >= 11 is 0. The van der Waals surface area contributed by atoms with Crippen molar-refractivity contribution in [3.63, 3.8) is 0 Å². The molecule has 1 unspecified atom stereocenters. The van der Waals surface area contributed by atoms with Gasteiger partial charge in [0.25, 0.3) is 0 Å². The van der Waals surface area contributed by atoms with Crippen LogP contribution in [0.2, 0.25) is 0 Å². The van der Waals surface area contributed by atoms with E-state index >= 15 is 0 Å². The van der Waals surface area contributed by atoms with Crippen LogP contribution in [0.25, 0.3) is 0 Å². The van der Waals surface area contributed by atoms with Crippen LogP contribution in [-0.4, -0.2) is 55.8 Å². The molecule has 136 valence electrons. The van der Waals surface area contributed by atoms with E-state index in [1.165, 1.54) is 36.9 Å². The molecular formula is C21H30N2O2. The van der Waals surface area contributed by atoms with Crippen LogP contribution in [0.4, 0.5) is 0 Å². The molecule has 4 rings (SSSR count). The molecule has 0 saturated carbocycles. The van der Waals surface area contributed by atoms with Crippen LogP contribution in [0.3, 0.4) is 0 Å². The van der Waals surface area contributed by atoms with Gasteiger partial charge in [-0.2, -0.15) is 0 Å². The Balaban J connectivity index is 1.41.